The smallest absolute Gasteiger partial charge is 0.260 e. The standard InChI is InChI=1S/C15H15FN4O3S/c1-24(22,23)20(14-7-4-5-12(16)9-14)11-15(21)19-18-10-13-6-2-3-8-17-13/h2-10H,11H2,1H3,(H,19,21)/b18-10-. The van der Waals surface area contributed by atoms with Crippen molar-refractivity contribution >= 4 is 27.8 Å². The van der Waals surface area contributed by atoms with E-state index in [2.05, 4.69) is 15.5 Å². The molecule has 0 aliphatic heterocycles. The van der Waals surface area contributed by atoms with E-state index in [4.69, 9.17) is 0 Å². The van der Waals surface area contributed by atoms with E-state index in [1.807, 2.05) is 0 Å². The molecule has 9 heteroatoms. The molecule has 2 aromatic rings. The lowest BCUT2D eigenvalue weighted by atomic mass is 10.3. The summed E-state index contributed by atoms with van der Waals surface area (Å²) < 4.78 is 37.8. The lowest BCUT2D eigenvalue weighted by Gasteiger charge is -2.21. The summed E-state index contributed by atoms with van der Waals surface area (Å²) in [7, 11) is -3.77. The fraction of sp³-hybridized carbons (Fsp3) is 0.133. The molecule has 0 saturated heterocycles. The number of amides is 1. The second-order valence-electron chi connectivity index (χ2n) is 4.80. The van der Waals surface area contributed by atoms with Crippen LogP contribution in [-0.4, -0.2) is 38.3 Å². The predicted octanol–water partition coefficient (Wildman–Crippen LogP) is 1.14. The molecule has 0 aliphatic carbocycles. The molecule has 0 fully saturated rings. The third kappa shape index (κ3) is 5.13. The van der Waals surface area contributed by atoms with Crippen molar-refractivity contribution in [2.45, 2.75) is 0 Å². The molecular formula is C15H15FN4O3S. The van der Waals surface area contributed by atoms with Gasteiger partial charge in [0, 0.05) is 6.20 Å². The Bertz CT molecular complexity index is 841. The largest absolute Gasteiger partial charge is 0.271 e. The monoisotopic (exact) mass is 350 g/mol. The summed E-state index contributed by atoms with van der Waals surface area (Å²) in [6, 6.07) is 10.1. The first-order valence-electron chi connectivity index (χ1n) is 6.82. The number of anilines is 1. The van der Waals surface area contributed by atoms with Crippen LogP contribution in [0.15, 0.2) is 53.8 Å². The highest BCUT2D eigenvalue weighted by Crippen LogP contribution is 2.18. The van der Waals surface area contributed by atoms with Gasteiger partial charge >= 0.3 is 0 Å². The number of hydrogen-bond donors (Lipinski definition) is 1. The molecule has 1 amide bonds. The van der Waals surface area contributed by atoms with Crippen LogP contribution in [0.3, 0.4) is 0 Å². The van der Waals surface area contributed by atoms with Gasteiger partial charge in [-0.1, -0.05) is 12.1 Å². The van der Waals surface area contributed by atoms with Crippen LogP contribution in [0.25, 0.3) is 0 Å². The first-order chi connectivity index (χ1) is 11.4. The predicted molar refractivity (Wildman–Crippen MR) is 88.6 cm³/mol. The van der Waals surface area contributed by atoms with Gasteiger partial charge in [0.15, 0.2) is 0 Å². The Morgan fingerprint density at radius 3 is 2.75 bits per heavy atom. The summed E-state index contributed by atoms with van der Waals surface area (Å²) in [6.45, 7) is -0.526. The molecule has 7 nitrogen and oxygen atoms in total. The minimum atomic E-state index is -3.77. The first-order valence-corrected chi connectivity index (χ1v) is 8.67. The van der Waals surface area contributed by atoms with Crippen molar-refractivity contribution in [3.05, 3.63) is 60.2 Å². The molecule has 0 spiro atoms. The molecule has 1 N–H and O–H groups in total. The zero-order valence-corrected chi connectivity index (χ0v) is 13.6. The first kappa shape index (κ1) is 17.5. The zero-order chi connectivity index (χ0) is 17.6. The molecule has 24 heavy (non-hydrogen) atoms. The van der Waals surface area contributed by atoms with Crippen LogP contribution < -0.4 is 9.73 Å². The number of pyridine rings is 1. The number of rotatable bonds is 6. The number of hydrazone groups is 1. The van der Waals surface area contributed by atoms with E-state index in [0.717, 1.165) is 16.6 Å². The molecule has 0 bridgehead atoms. The van der Waals surface area contributed by atoms with Crippen LogP contribution in [0.4, 0.5) is 10.1 Å². The molecule has 0 radical (unpaired) electrons. The summed E-state index contributed by atoms with van der Waals surface area (Å²) in [5.41, 5.74) is 2.80. The number of nitrogens with one attached hydrogen (secondary N) is 1. The zero-order valence-electron chi connectivity index (χ0n) is 12.8. The van der Waals surface area contributed by atoms with Crippen molar-refractivity contribution < 1.29 is 17.6 Å². The Balaban J connectivity index is 2.07. The van der Waals surface area contributed by atoms with Crippen molar-refractivity contribution in [1.29, 1.82) is 0 Å². The van der Waals surface area contributed by atoms with E-state index in [1.165, 1.54) is 24.4 Å². The summed E-state index contributed by atoms with van der Waals surface area (Å²) in [4.78, 5) is 15.9. The summed E-state index contributed by atoms with van der Waals surface area (Å²) >= 11 is 0. The van der Waals surface area contributed by atoms with Crippen LogP contribution in [0.1, 0.15) is 5.69 Å². The van der Waals surface area contributed by atoms with Crippen molar-refractivity contribution in [3.63, 3.8) is 0 Å². The maximum atomic E-state index is 13.3. The maximum absolute atomic E-state index is 13.3. The van der Waals surface area contributed by atoms with Gasteiger partial charge < -0.3 is 0 Å². The van der Waals surface area contributed by atoms with Gasteiger partial charge in [-0.2, -0.15) is 5.10 Å². The molecule has 1 heterocycles. The number of nitrogens with zero attached hydrogens (tertiary/aromatic N) is 3. The quantitative estimate of drug-likeness (QED) is 0.625. The number of benzene rings is 1. The molecule has 126 valence electrons. The normalized spacial score (nSPS) is 11.4. The van der Waals surface area contributed by atoms with Crippen LogP contribution in [0, 0.1) is 5.82 Å². The van der Waals surface area contributed by atoms with Crippen molar-refractivity contribution in [2.24, 2.45) is 5.10 Å². The fourth-order valence-corrected chi connectivity index (χ4v) is 2.67. The highest BCUT2D eigenvalue weighted by Gasteiger charge is 2.21. The molecule has 2 rings (SSSR count). The van der Waals surface area contributed by atoms with Crippen LogP contribution in [0.2, 0.25) is 0 Å². The van der Waals surface area contributed by atoms with Gasteiger partial charge in [-0.3, -0.25) is 14.1 Å². The Kier molecular flexibility index (Phi) is 5.59. The van der Waals surface area contributed by atoms with Crippen molar-refractivity contribution in [2.75, 3.05) is 17.1 Å². The second-order valence-corrected chi connectivity index (χ2v) is 6.70. The average Bonchev–Trinajstić information content (AvgIpc) is 2.52. The number of carbonyl (C=O) groups excluding carboxylic acids is 1. The summed E-state index contributed by atoms with van der Waals surface area (Å²) in [6.07, 6.45) is 3.83. The van der Waals surface area contributed by atoms with E-state index in [1.54, 1.807) is 24.4 Å². The third-order valence-electron chi connectivity index (χ3n) is 2.86. The Morgan fingerprint density at radius 2 is 2.12 bits per heavy atom. The number of sulfonamides is 1. The van der Waals surface area contributed by atoms with E-state index < -0.39 is 28.3 Å². The lowest BCUT2D eigenvalue weighted by Crippen LogP contribution is -2.39. The Morgan fingerprint density at radius 1 is 1.33 bits per heavy atom. The Hall–Kier alpha value is -2.81. The number of aromatic nitrogens is 1. The Labute approximate surface area is 138 Å². The number of carbonyl (C=O) groups is 1. The van der Waals surface area contributed by atoms with Gasteiger partial charge in [-0.05, 0) is 30.3 Å². The summed E-state index contributed by atoms with van der Waals surface area (Å²) in [5, 5.41) is 3.71. The van der Waals surface area contributed by atoms with E-state index >= 15 is 0 Å². The molecule has 0 atom stereocenters. The molecule has 0 unspecified atom stereocenters. The number of halogens is 1. The van der Waals surface area contributed by atoms with Crippen LogP contribution >= 0.6 is 0 Å². The molecule has 0 aliphatic rings. The van der Waals surface area contributed by atoms with Crippen LogP contribution in [0.5, 0.6) is 0 Å². The van der Waals surface area contributed by atoms with Gasteiger partial charge in [0.2, 0.25) is 10.0 Å². The molecular weight excluding hydrogens is 335 g/mol. The van der Waals surface area contributed by atoms with Gasteiger partial charge in [0.05, 0.1) is 23.9 Å². The van der Waals surface area contributed by atoms with Gasteiger partial charge in [0.25, 0.3) is 5.91 Å². The minimum Gasteiger partial charge on any atom is -0.271 e. The highest BCUT2D eigenvalue weighted by molar-refractivity contribution is 7.92. The second kappa shape index (κ2) is 7.64. The van der Waals surface area contributed by atoms with E-state index in [9.17, 15) is 17.6 Å². The maximum Gasteiger partial charge on any atom is 0.260 e. The van der Waals surface area contributed by atoms with Crippen molar-refractivity contribution in [1.82, 2.24) is 10.4 Å². The highest BCUT2D eigenvalue weighted by atomic mass is 32.2. The summed E-state index contributed by atoms with van der Waals surface area (Å²) in [5.74, 6) is -1.27. The fourth-order valence-electron chi connectivity index (χ4n) is 1.82. The molecule has 1 aromatic carbocycles. The third-order valence-corrected chi connectivity index (χ3v) is 4.00. The van der Waals surface area contributed by atoms with E-state index in [-0.39, 0.29) is 5.69 Å². The van der Waals surface area contributed by atoms with Gasteiger partial charge in [-0.25, -0.2) is 18.2 Å². The minimum absolute atomic E-state index is 0.0568. The number of hydrogen-bond acceptors (Lipinski definition) is 5. The average molecular weight is 350 g/mol. The lowest BCUT2D eigenvalue weighted by molar-refractivity contribution is -0.119. The van der Waals surface area contributed by atoms with Gasteiger partial charge in [-0.15, -0.1) is 0 Å². The molecule has 0 saturated carbocycles. The van der Waals surface area contributed by atoms with E-state index in [0.29, 0.717) is 5.69 Å². The topological polar surface area (TPSA) is 91.7 Å². The molecule has 1 aromatic heterocycles. The SMILES string of the molecule is CS(=O)(=O)N(CC(=O)N/N=C\c1ccccn1)c1cccc(F)c1. The van der Waals surface area contributed by atoms with Crippen LogP contribution in [-0.2, 0) is 14.8 Å². The van der Waals surface area contributed by atoms with Gasteiger partial charge in [0.1, 0.15) is 12.4 Å². The van der Waals surface area contributed by atoms with Crippen molar-refractivity contribution in [3.8, 4) is 0 Å².